The van der Waals surface area contributed by atoms with Crippen molar-refractivity contribution in [3.05, 3.63) is 42.5 Å². The van der Waals surface area contributed by atoms with E-state index in [9.17, 15) is 5.11 Å². The highest BCUT2D eigenvalue weighted by atomic mass is 16.5. The van der Waals surface area contributed by atoms with Crippen molar-refractivity contribution in [3.8, 4) is 5.75 Å². The van der Waals surface area contributed by atoms with Crippen molar-refractivity contribution in [2.24, 2.45) is 10.9 Å². The summed E-state index contributed by atoms with van der Waals surface area (Å²) in [6.07, 6.45) is -0.740. The van der Waals surface area contributed by atoms with Gasteiger partial charge >= 0.3 is 0 Å². The number of fused-ring (bicyclic) bond motifs is 1. The first-order chi connectivity index (χ1) is 9.20. The number of aliphatic hydroxyl groups excluding tert-OH is 1. The molecule has 0 fully saturated rings. The van der Waals surface area contributed by atoms with Gasteiger partial charge in [0.1, 0.15) is 18.2 Å². The van der Waals surface area contributed by atoms with E-state index in [0.717, 1.165) is 10.8 Å². The van der Waals surface area contributed by atoms with E-state index in [0.29, 0.717) is 5.75 Å². The summed E-state index contributed by atoms with van der Waals surface area (Å²) < 4.78 is 5.58. The van der Waals surface area contributed by atoms with Crippen molar-refractivity contribution in [2.45, 2.75) is 12.5 Å². The minimum absolute atomic E-state index is 0.0194. The molecule has 0 aliphatic heterocycles. The molecule has 0 saturated carbocycles. The Bertz CT molecular complexity index is 578. The van der Waals surface area contributed by atoms with E-state index in [-0.39, 0.29) is 18.9 Å². The largest absolute Gasteiger partial charge is 0.490 e. The summed E-state index contributed by atoms with van der Waals surface area (Å²) in [5.41, 5.74) is 5.32. The van der Waals surface area contributed by atoms with Gasteiger partial charge in [0.25, 0.3) is 0 Å². The van der Waals surface area contributed by atoms with Crippen LogP contribution in [-0.2, 0) is 0 Å². The molecule has 0 spiro atoms. The van der Waals surface area contributed by atoms with Crippen molar-refractivity contribution in [3.63, 3.8) is 0 Å². The van der Waals surface area contributed by atoms with Crippen molar-refractivity contribution in [1.82, 2.24) is 0 Å². The van der Waals surface area contributed by atoms with E-state index in [4.69, 9.17) is 15.7 Å². The number of benzene rings is 2. The molecule has 2 rings (SSSR count). The topological polar surface area (TPSA) is 88.1 Å². The third-order valence-corrected chi connectivity index (χ3v) is 2.75. The highest BCUT2D eigenvalue weighted by Crippen LogP contribution is 2.25. The summed E-state index contributed by atoms with van der Waals surface area (Å²) in [6, 6.07) is 13.6. The molecule has 2 aromatic carbocycles. The lowest BCUT2D eigenvalue weighted by atomic mass is 10.1. The van der Waals surface area contributed by atoms with Gasteiger partial charge in [0, 0.05) is 11.8 Å². The van der Waals surface area contributed by atoms with Crippen LogP contribution < -0.4 is 10.5 Å². The number of rotatable bonds is 5. The van der Waals surface area contributed by atoms with Crippen molar-refractivity contribution in [2.75, 3.05) is 6.61 Å². The van der Waals surface area contributed by atoms with Crippen LogP contribution in [-0.4, -0.2) is 28.9 Å². The van der Waals surface area contributed by atoms with Gasteiger partial charge in [0.05, 0.1) is 6.10 Å². The number of nitrogens with two attached hydrogens (primary N) is 1. The van der Waals surface area contributed by atoms with Crippen LogP contribution in [0.25, 0.3) is 10.8 Å². The number of nitrogens with zero attached hydrogens (tertiary/aromatic N) is 1. The zero-order chi connectivity index (χ0) is 13.7. The summed E-state index contributed by atoms with van der Waals surface area (Å²) in [6.45, 7) is 0.0875. The number of hydrogen-bond acceptors (Lipinski definition) is 4. The molecule has 0 heterocycles. The molecule has 0 aromatic heterocycles. The second kappa shape index (κ2) is 6.06. The van der Waals surface area contributed by atoms with Gasteiger partial charge in [0.2, 0.25) is 0 Å². The Kier molecular flexibility index (Phi) is 4.20. The monoisotopic (exact) mass is 260 g/mol. The Morgan fingerprint density at radius 3 is 2.74 bits per heavy atom. The molecule has 0 bridgehead atoms. The number of amidine groups is 1. The van der Waals surface area contributed by atoms with Gasteiger partial charge in [-0.25, -0.2) is 0 Å². The van der Waals surface area contributed by atoms with Crippen LogP contribution in [0.3, 0.4) is 0 Å². The van der Waals surface area contributed by atoms with Crippen molar-refractivity contribution in [1.29, 1.82) is 0 Å². The first-order valence-corrected chi connectivity index (χ1v) is 5.95. The third kappa shape index (κ3) is 3.35. The summed E-state index contributed by atoms with van der Waals surface area (Å²) >= 11 is 0. The summed E-state index contributed by atoms with van der Waals surface area (Å²) in [7, 11) is 0. The summed E-state index contributed by atoms with van der Waals surface area (Å²) in [5, 5.41) is 23.0. The molecule has 4 N–H and O–H groups in total. The van der Waals surface area contributed by atoms with Crippen LogP contribution in [0.1, 0.15) is 6.42 Å². The molecule has 0 amide bonds. The molecule has 0 aliphatic carbocycles. The maximum absolute atomic E-state index is 9.69. The maximum atomic E-state index is 9.69. The number of ether oxygens (including phenoxy) is 1. The van der Waals surface area contributed by atoms with E-state index in [2.05, 4.69) is 5.16 Å². The van der Waals surface area contributed by atoms with Gasteiger partial charge in [0.15, 0.2) is 0 Å². The molecule has 19 heavy (non-hydrogen) atoms. The minimum atomic E-state index is -0.810. The van der Waals surface area contributed by atoms with Crippen LogP contribution >= 0.6 is 0 Å². The molecule has 1 atom stereocenters. The van der Waals surface area contributed by atoms with Crippen LogP contribution in [0, 0.1) is 0 Å². The van der Waals surface area contributed by atoms with Gasteiger partial charge in [-0.15, -0.1) is 0 Å². The first-order valence-electron chi connectivity index (χ1n) is 5.95. The van der Waals surface area contributed by atoms with Gasteiger partial charge in [-0.1, -0.05) is 41.6 Å². The number of hydrogen-bond donors (Lipinski definition) is 3. The molecule has 2 aromatic rings. The zero-order valence-corrected chi connectivity index (χ0v) is 10.4. The average Bonchev–Trinajstić information content (AvgIpc) is 2.44. The molecule has 100 valence electrons. The Labute approximate surface area is 110 Å². The van der Waals surface area contributed by atoms with E-state index < -0.39 is 6.10 Å². The Hall–Kier alpha value is -2.27. The molecule has 0 saturated heterocycles. The van der Waals surface area contributed by atoms with Crippen LogP contribution in [0.2, 0.25) is 0 Å². The normalized spacial score (nSPS) is 13.4. The third-order valence-electron chi connectivity index (χ3n) is 2.75. The fraction of sp³-hybridized carbons (Fsp3) is 0.214. The lowest BCUT2D eigenvalue weighted by molar-refractivity contribution is 0.113. The quantitative estimate of drug-likeness (QED) is 0.330. The van der Waals surface area contributed by atoms with Gasteiger partial charge in [-0.05, 0) is 11.5 Å². The van der Waals surface area contributed by atoms with E-state index in [1.165, 1.54) is 0 Å². The van der Waals surface area contributed by atoms with E-state index in [1.54, 1.807) is 0 Å². The maximum Gasteiger partial charge on any atom is 0.141 e. The first kappa shape index (κ1) is 13.2. The van der Waals surface area contributed by atoms with E-state index >= 15 is 0 Å². The van der Waals surface area contributed by atoms with Gasteiger partial charge in [-0.2, -0.15) is 0 Å². The molecular formula is C14H16N2O3. The van der Waals surface area contributed by atoms with E-state index in [1.807, 2.05) is 42.5 Å². The van der Waals surface area contributed by atoms with Crippen molar-refractivity contribution < 1.29 is 15.1 Å². The number of aliphatic hydroxyl groups is 1. The second-order valence-corrected chi connectivity index (χ2v) is 4.24. The molecule has 5 nitrogen and oxygen atoms in total. The minimum Gasteiger partial charge on any atom is -0.490 e. The predicted octanol–water partition coefficient (Wildman–Crippen LogP) is 1.72. The Balaban J connectivity index is 2.06. The summed E-state index contributed by atoms with van der Waals surface area (Å²) in [5.74, 6) is 0.686. The average molecular weight is 260 g/mol. The standard InChI is InChI=1S/C14H16N2O3/c15-14(16-18)8-11(17)9-19-13-7-3-5-10-4-1-2-6-12(10)13/h1-7,11,17-18H,8-9H2,(H2,15,16)/t11-/m0/s1. The van der Waals surface area contributed by atoms with Gasteiger partial charge in [-0.3, -0.25) is 0 Å². The predicted molar refractivity (Wildman–Crippen MR) is 73.5 cm³/mol. The highest BCUT2D eigenvalue weighted by molar-refractivity contribution is 5.88. The lowest BCUT2D eigenvalue weighted by Crippen LogP contribution is -2.25. The molecule has 0 aliphatic rings. The lowest BCUT2D eigenvalue weighted by Gasteiger charge is -2.13. The van der Waals surface area contributed by atoms with Gasteiger partial charge < -0.3 is 20.8 Å². The Morgan fingerprint density at radius 1 is 1.21 bits per heavy atom. The summed E-state index contributed by atoms with van der Waals surface area (Å²) in [4.78, 5) is 0. The van der Waals surface area contributed by atoms with Crippen molar-refractivity contribution >= 4 is 16.6 Å². The Morgan fingerprint density at radius 2 is 1.95 bits per heavy atom. The molecule has 0 radical (unpaired) electrons. The smallest absolute Gasteiger partial charge is 0.141 e. The molecule has 5 heteroatoms. The second-order valence-electron chi connectivity index (χ2n) is 4.24. The molecule has 0 unspecified atom stereocenters. The van der Waals surface area contributed by atoms with Crippen LogP contribution in [0.4, 0.5) is 0 Å². The zero-order valence-electron chi connectivity index (χ0n) is 10.4. The van der Waals surface area contributed by atoms with Crippen LogP contribution in [0.15, 0.2) is 47.6 Å². The van der Waals surface area contributed by atoms with Crippen LogP contribution in [0.5, 0.6) is 5.75 Å². The fourth-order valence-corrected chi connectivity index (χ4v) is 1.85. The highest BCUT2D eigenvalue weighted by Gasteiger charge is 2.09. The molecular weight excluding hydrogens is 244 g/mol. The fourth-order valence-electron chi connectivity index (χ4n) is 1.85. The number of oxime groups is 1. The SMILES string of the molecule is N/C(C[C@H](O)COc1cccc2ccccc12)=N/O.